The van der Waals surface area contributed by atoms with Gasteiger partial charge in [0, 0.05) is 24.6 Å². The summed E-state index contributed by atoms with van der Waals surface area (Å²) in [6, 6.07) is 14.7. The number of benzene rings is 1. The lowest BCUT2D eigenvalue weighted by molar-refractivity contribution is 0.0948. The number of oxazole rings is 1. The van der Waals surface area contributed by atoms with Crippen LogP contribution in [-0.4, -0.2) is 29.5 Å². The van der Waals surface area contributed by atoms with Crippen LogP contribution in [0.25, 0.3) is 11.5 Å². The smallest absolute Gasteiger partial charge is 0.270 e. The SMILES string of the molecule is COc1cccc(C(=O)NCCc2coc(-c3ccccc3)n2)n1. The molecule has 3 rings (SSSR count). The van der Waals surface area contributed by atoms with Crippen molar-refractivity contribution in [3.63, 3.8) is 0 Å². The van der Waals surface area contributed by atoms with Gasteiger partial charge in [-0.2, -0.15) is 0 Å². The number of nitrogens with zero attached hydrogens (tertiary/aromatic N) is 2. The fourth-order valence-electron chi connectivity index (χ4n) is 2.18. The molecule has 0 aliphatic rings. The Morgan fingerprint density at radius 3 is 2.75 bits per heavy atom. The third kappa shape index (κ3) is 3.78. The maximum atomic E-state index is 12.1. The molecule has 2 aromatic heterocycles. The van der Waals surface area contributed by atoms with E-state index in [0.29, 0.717) is 30.4 Å². The maximum absolute atomic E-state index is 12.1. The number of methoxy groups -OCH3 is 1. The average Bonchev–Trinajstić information content (AvgIpc) is 3.11. The van der Waals surface area contributed by atoms with Crippen molar-refractivity contribution in [2.45, 2.75) is 6.42 Å². The van der Waals surface area contributed by atoms with E-state index in [2.05, 4.69) is 15.3 Å². The van der Waals surface area contributed by atoms with Crippen LogP contribution in [0.15, 0.2) is 59.2 Å². The summed E-state index contributed by atoms with van der Waals surface area (Å²) in [7, 11) is 1.51. The Hall–Kier alpha value is -3.15. The van der Waals surface area contributed by atoms with Gasteiger partial charge in [-0.1, -0.05) is 24.3 Å². The summed E-state index contributed by atoms with van der Waals surface area (Å²) in [6.45, 7) is 0.443. The molecule has 6 nitrogen and oxygen atoms in total. The van der Waals surface area contributed by atoms with Crippen molar-refractivity contribution in [3.8, 4) is 17.3 Å². The summed E-state index contributed by atoms with van der Waals surface area (Å²) in [5.74, 6) is 0.735. The first-order valence-corrected chi connectivity index (χ1v) is 7.55. The van der Waals surface area contributed by atoms with Gasteiger partial charge in [0.25, 0.3) is 5.91 Å². The Labute approximate surface area is 139 Å². The average molecular weight is 323 g/mol. The highest BCUT2D eigenvalue weighted by molar-refractivity contribution is 5.92. The Balaban J connectivity index is 1.55. The van der Waals surface area contributed by atoms with E-state index in [9.17, 15) is 4.79 Å². The molecule has 0 saturated heterocycles. The van der Waals surface area contributed by atoms with Crippen LogP contribution in [-0.2, 0) is 6.42 Å². The molecule has 1 aromatic carbocycles. The summed E-state index contributed by atoms with van der Waals surface area (Å²) >= 11 is 0. The first kappa shape index (κ1) is 15.7. The number of carbonyl (C=O) groups excluding carboxylic acids is 1. The highest BCUT2D eigenvalue weighted by Crippen LogP contribution is 2.17. The number of nitrogens with one attached hydrogen (secondary N) is 1. The number of hydrogen-bond acceptors (Lipinski definition) is 5. The van der Waals surface area contributed by atoms with Crippen LogP contribution in [0.5, 0.6) is 5.88 Å². The number of aromatic nitrogens is 2. The molecule has 1 N–H and O–H groups in total. The predicted molar refractivity (Wildman–Crippen MR) is 88.8 cm³/mol. The van der Waals surface area contributed by atoms with Crippen LogP contribution in [0.1, 0.15) is 16.2 Å². The summed E-state index contributed by atoms with van der Waals surface area (Å²) in [4.78, 5) is 20.6. The second-order valence-electron chi connectivity index (χ2n) is 5.08. The molecular weight excluding hydrogens is 306 g/mol. The Morgan fingerprint density at radius 2 is 1.96 bits per heavy atom. The first-order chi connectivity index (χ1) is 11.8. The monoisotopic (exact) mass is 323 g/mol. The van der Waals surface area contributed by atoms with E-state index in [1.54, 1.807) is 24.5 Å². The van der Waals surface area contributed by atoms with Crippen molar-refractivity contribution in [2.24, 2.45) is 0 Å². The van der Waals surface area contributed by atoms with Crippen molar-refractivity contribution in [3.05, 3.63) is 66.2 Å². The summed E-state index contributed by atoms with van der Waals surface area (Å²) in [6.07, 6.45) is 2.18. The van der Waals surface area contributed by atoms with Crippen LogP contribution >= 0.6 is 0 Å². The number of amides is 1. The molecule has 6 heteroatoms. The zero-order valence-corrected chi connectivity index (χ0v) is 13.2. The van der Waals surface area contributed by atoms with E-state index in [4.69, 9.17) is 9.15 Å². The number of hydrogen-bond donors (Lipinski definition) is 1. The van der Waals surface area contributed by atoms with Gasteiger partial charge in [-0.3, -0.25) is 4.79 Å². The first-order valence-electron chi connectivity index (χ1n) is 7.55. The maximum Gasteiger partial charge on any atom is 0.270 e. The molecule has 24 heavy (non-hydrogen) atoms. The zero-order valence-electron chi connectivity index (χ0n) is 13.2. The molecule has 0 fully saturated rings. The Bertz CT molecular complexity index is 815. The lowest BCUT2D eigenvalue weighted by Gasteiger charge is -2.04. The molecule has 1 amide bonds. The van der Waals surface area contributed by atoms with E-state index >= 15 is 0 Å². The fraction of sp³-hybridized carbons (Fsp3) is 0.167. The third-order valence-electron chi connectivity index (χ3n) is 3.40. The van der Waals surface area contributed by atoms with Crippen LogP contribution in [0.4, 0.5) is 0 Å². The standard InChI is InChI=1S/C18H17N3O3/c1-23-16-9-5-8-15(21-16)17(22)19-11-10-14-12-24-18(20-14)13-6-3-2-4-7-13/h2-9,12H,10-11H2,1H3,(H,19,22). The van der Waals surface area contributed by atoms with Gasteiger partial charge >= 0.3 is 0 Å². The Morgan fingerprint density at radius 1 is 1.12 bits per heavy atom. The van der Waals surface area contributed by atoms with E-state index in [-0.39, 0.29) is 5.91 Å². The van der Waals surface area contributed by atoms with Gasteiger partial charge in [-0.15, -0.1) is 0 Å². The minimum atomic E-state index is -0.249. The molecule has 3 aromatic rings. The van der Waals surface area contributed by atoms with Crippen molar-refractivity contribution in [1.82, 2.24) is 15.3 Å². The number of pyridine rings is 1. The number of ether oxygens (including phenoxy) is 1. The zero-order chi connectivity index (χ0) is 16.8. The molecule has 0 saturated carbocycles. The van der Waals surface area contributed by atoms with Gasteiger partial charge in [-0.25, -0.2) is 9.97 Å². The quantitative estimate of drug-likeness (QED) is 0.755. The van der Waals surface area contributed by atoms with Gasteiger partial charge < -0.3 is 14.5 Å². The lowest BCUT2D eigenvalue weighted by Crippen LogP contribution is -2.26. The third-order valence-corrected chi connectivity index (χ3v) is 3.40. The molecule has 0 aliphatic heterocycles. The summed E-state index contributed by atoms with van der Waals surface area (Å²) in [5, 5.41) is 2.81. The van der Waals surface area contributed by atoms with E-state index in [0.717, 1.165) is 11.3 Å². The van der Waals surface area contributed by atoms with Crippen molar-refractivity contribution in [1.29, 1.82) is 0 Å². The minimum absolute atomic E-state index is 0.249. The molecule has 122 valence electrons. The van der Waals surface area contributed by atoms with E-state index in [1.807, 2.05) is 30.3 Å². The molecule has 0 aliphatic carbocycles. The largest absolute Gasteiger partial charge is 0.481 e. The fourth-order valence-corrected chi connectivity index (χ4v) is 2.18. The van der Waals surface area contributed by atoms with Crippen LogP contribution in [0, 0.1) is 0 Å². The predicted octanol–water partition coefficient (Wildman–Crippen LogP) is 2.72. The van der Waals surface area contributed by atoms with E-state index < -0.39 is 0 Å². The van der Waals surface area contributed by atoms with Gasteiger partial charge in [0.15, 0.2) is 0 Å². The van der Waals surface area contributed by atoms with Crippen molar-refractivity contribution in [2.75, 3.05) is 13.7 Å². The van der Waals surface area contributed by atoms with Gasteiger partial charge in [0.2, 0.25) is 11.8 Å². The van der Waals surface area contributed by atoms with Crippen molar-refractivity contribution >= 4 is 5.91 Å². The summed E-state index contributed by atoms with van der Waals surface area (Å²) in [5.41, 5.74) is 2.03. The molecule has 0 radical (unpaired) electrons. The highest BCUT2D eigenvalue weighted by atomic mass is 16.5. The molecule has 0 spiro atoms. The Kier molecular flexibility index (Phi) is 4.86. The molecular formula is C18H17N3O3. The van der Waals surface area contributed by atoms with Crippen LogP contribution in [0.2, 0.25) is 0 Å². The normalized spacial score (nSPS) is 10.4. The van der Waals surface area contributed by atoms with Crippen LogP contribution < -0.4 is 10.1 Å². The molecule has 0 bridgehead atoms. The molecule has 0 atom stereocenters. The van der Waals surface area contributed by atoms with Crippen LogP contribution in [0.3, 0.4) is 0 Å². The van der Waals surface area contributed by atoms with E-state index in [1.165, 1.54) is 7.11 Å². The molecule has 0 unspecified atom stereocenters. The minimum Gasteiger partial charge on any atom is -0.481 e. The second-order valence-corrected chi connectivity index (χ2v) is 5.08. The number of rotatable bonds is 6. The number of carbonyl (C=O) groups is 1. The lowest BCUT2D eigenvalue weighted by atomic mass is 10.2. The van der Waals surface area contributed by atoms with Crippen molar-refractivity contribution < 1.29 is 13.9 Å². The topological polar surface area (TPSA) is 77.2 Å². The second kappa shape index (κ2) is 7.41. The highest BCUT2D eigenvalue weighted by Gasteiger charge is 2.09. The summed E-state index contributed by atoms with van der Waals surface area (Å²) < 4.78 is 10.5. The van der Waals surface area contributed by atoms with Gasteiger partial charge in [0.1, 0.15) is 12.0 Å². The van der Waals surface area contributed by atoms with Gasteiger partial charge in [0.05, 0.1) is 12.8 Å². The molecule has 2 heterocycles. The van der Waals surface area contributed by atoms with Gasteiger partial charge in [-0.05, 0) is 18.2 Å².